The molecule has 1 saturated heterocycles. The van der Waals surface area contributed by atoms with Crippen LogP contribution in [0.5, 0.6) is 6.01 Å². The Kier molecular flexibility index (Phi) is 5.51. The zero-order chi connectivity index (χ0) is 18.0. The van der Waals surface area contributed by atoms with E-state index in [0.29, 0.717) is 0 Å². The molecule has 5 N–H and O–H groups in total. The van der Waals surface area contributed by atoms with Gasteiger partial charge in [-0.1, -0.05) is 0 Å². The van der Waals surface area contributed by atoms with Crippen LogP contribution >= 0.6 is 0 Å². The summed E-state index contributed by atoms with van der Waals surface area (Å²) < 4.78 is 11.2. The molecule has 5 atom stereocenters. The van der Waals surface area contributed by atoms with Gasteiger partial charge in [0.25, 0.3) is 5.56 Å². The molecule has 134 valence electrons. The molecule has 1 aromatic rings. The molecule has 0 aliphatic carbocycles. The van der Waals surface area contributed by atoms with Crippen LogP contribution in [0, 0.1) is 0 Å². The van der Waals surface area contributed by atoms with Gasteiger partial charge in [-0.25, -0.2) is 0 Å². The summed E-state index contributed by atoms with van der Waals surface area (Å²) in [7, 11) is 2.64. The van der Waals surface area contributed by atoms with Gasteiger partial charge in [0.2, 0.25) is 0 Å². The summed E-state index contributed by atoms with van der Waals surface area (Å²) in [6, 6.07) is -0.0994. The molecule has 0 aromatic carbocycles. The molecule has 1 aliphatic heterocycles. The first kappa shape index (κ1) is 18.3. The lowest BCUT2D eigenvalue weighted by Crippen LogP contribution is -2.60. The number of hydrogen-bond donors (Lipinski definition) is 5. The average Bonchev–Trinajstić information content (AvgIpc) is 2.58. The van der Waals surface area contributed by atoms with Crippen molar-refractivity contribution in [3.8, 4) is 6.01 Å². The largest absolute Gasteiger partial charge is 0.468 e. The number of nitrogens with zero attached hydrogens (tertiary/aromatic N) is 2. The fraction of sp³-hybridized carbons (Fsp3) is 0.615. The molecule has 0 spiro atoms. The summed E-state index contributed by atoms with van der Waals surface area (Å²) in [6.45, 7) is -0.614. The number of methoxy groups -OCH3 is 1. The quantitative estimate of drug-likeness (QED) is 0.344. The maximum atomic E-state index is 12.1. The zero-order valence-corrected chi connectivity index (χ0v) is 13.0. The number of rotatable bonds is 5. The molecule has 1 aliphatic rings. The van der Waals surface area contributed by atoms with E-state index >= 15 is 0 Å². The number of carbonyl (C=O) groups excluding carboxylic acids is 1. The first-order valence-corrected chi connectivity index (χ1v) is 7.03. The Morgan fingerprint density at radius 3 is 2.54 bits per heavy atom. The predicted molar refractivity (Wildman–Crippen MR) is 78.8 cm³/mol. The fourth-order valence-corrected chi connectivity index (χ4v) is 2.35. The van der Waals surface area contributed by atoms with Gasteiger partial charge in [0, 0.05) is 7.05 Å². The minimum Gasteiger partial charge on any atom is -0.468 e. The van der Waals surface area contributed by atoms with Crippen LogP contribution in [-0.4, -0.2) is 80.6 Å². The molecular formula is C13H19N3O8. The van der Waals surface area contributed by atoms with Crippen LogP contribution in [0.4, 0.5) is 5.82 Å². The van der Waals surface area contributed by atoms with Gasteiger partial charge in [-0.3, -0.25) is 14.2 Å². The second kappa shape index (κ2) is 7.23. The molecule has 24 heavy (non-hydrogen) atoms. The van der Waals surface area contributed by atoms with Crippen molar-refractivity contribution >= 4 is 12.1 Å². The lowest BCUT2D eigenvalue weighted by atomic mass is 9.98. The number of carbonyl (C=O) groups is 1. The Labute approximate surface area is 136 Å². The Morgan fingerprint density at radius 2 is 2.00 bits per heavy atom. The Hall–Kier alpha value is -2.05. The van der Waals surface area contributed by atoms with Crippen molar-refractivity contribution in [3.63, 3.8) is 0 Å². The zero-order valence-electron chi connectivity index (χ0n) is 13.0. The summed E-state index contributed by atoms with van der Waals surface area (Å²) in [5.41, 5.74) is -1.03. The van der Waals surface area contributed by atoms with E-state index in [-0.39, 0.29) is 23.7 Å². The van der Waals surface area contributed by atoms with Crippen molar-refractivity contribution in [2.75, 3.05) is 19.0 Å². The topological polar surface area (TPSA) is 163 Å². The van der Waals surface area contributed by atoms with Crippen LogP contribution < -0.4 is 15.6 Å². The molecule has 1 aromatic heterocycles. The summed E-state index contributed by atoms with van der Waals surface area (Å²) in [4.78, 5) is 27.2. The Bertz CT molecular complexity index is 661. The van der Waals surface area contributed by atoms with E-state index in [9.17, 15) is 24.9 Å². The second-order valence-corrected chi connectivity index (χ2v) is 5.24. The maximum Gasteiger partial charge on any atom is 0.300 e. The van der Waals surface area contributed by atoms with Crippen molar-refractivity contribution in [2.45, 2.75) is 30.6 Å². The van der Waals surface area contributed by atoms with Gasteiger partial charge >= 0.3 is 6.01 Å². The van der Waals surface area contributed by atoms with Crippen LogP contribution in [-0.2, 0) is 11.8 Å². The molecule has 1 fully saturated rings. The van der Waals surface area contributed by atoms with Crippen LogP contribution in [0.15, 0.2) is 4.79 Å². The Morgan fingerprint density at radius 1 is 1.33 bits per heavy atom. The van der Waals surface area contributed by atoms with Crippen LogP contribution in [0.25, 0.3) is 0 Å². The Balaban J connectivity index is 2.38. The molecule has 2 heterocycles. The summed E-state index contributed by atoms with van der Waals surface area (Å²) in [6.07, 6.45) is -6.93. The number of aliphatic hydroxyl groups is 4. The highest BCUT2D eigenvalue weighted by Gasteiger charge is 2.43. The van der Waals surface area contributed by atoms with Gasteiger partial charge < -0.3 is 35.2 Å². The predicted octanol–water partition coefficient (Wildman–Crippen LogP) is -3.19. The van der Waals surface area contributed by atoms with Gasteiger partial charge in [0.15, 0.2) is 12.5 Å². The maximum absolute atomic E-state index is 12.1. The van der Waals surface area contributed by atoms with Gasteiger partial charge in [-0.05, 0) is 0 Å². The van der Waals surface area contributed by atoms with E-state index in [4.69, 9.17) is 14.6 Å². The monoisotopic (exact) mass is 345 g/mol. The number of aliphatic hydroxyl groups excluding tert-OH is 4. The molecule has 0 amide bonds. The standard InChI is InChI=1S/C13H19N3O8/c1-16-12(22)5(3-17)10(15-13(16)23-2)14-11-9(21)8(20)7(19)6(4-18)24-11/h3,6-9,11,14,18-21H,4H2,1-2H3/t6-,7+,8+,9+,11+/m0/s1. The summed E-state index contributed by atoms with van der Waals surface area (Å²) in [5.74, 6) is -0.228. The normalized spacial score (nSPS) is 30.0. The van der Waals surface area contributed by atoms with Crippen molar-refractivity contribution < 1.29 is 34.7 Å². The third-order valence-corrected chi connectivity index (χ3v) is 3.76. The van der Waals surface area contributed by atoms with Crippen LogP contribution in [0.1, 0.15) is 10.4 Å². The van der Waals surface area contributed by atoms with E-state index in [1.165, 1.54) is 14.2 Å². The lowest BCUT2D eigenvalue weighted by molar-refractivity contribution is -0.221. The van der Waals surface area contributed by atoms with Crippen molar-refractivity contribution in [3.05, 3.63) is 15.9 Å². The summed E-state index contributed by atoms with van der Waals surface area (Å²) in [5, 5.41) is 41.2. The molecule has 0 radical (unpaired) electrons. The van der Waals surface area contributed by atoms with Crippen molar-refractivity contribution in [1.29, 1.82) is 0 Å². The van der Waals surface area contributed by atoms with Crippen molar-refractivity contribution in [2.24, 2.45) is 7.05 Å². The number of aldehydes is 1. The van der Waals surface area contributed by atoms with E-state index < -0.39 is 42.8 Å². The van der Waals surface area contributed by atoms with Gasteiger partial charge in [-0.15, -0.1) is 0 Å². The smallest absolute Gasteiger partial charge is 0.300 e. The number of aromatic nitrogens is 2. The number of hydrogen-bond acceptors (Lipinski definition) is 10. The fourth-order valence-electron chi connectivity index (χ4n) is 2.35. The van der Waals surface area contributed by atoms with Gasteiger partial charge in [-0.2, -0.15) is 4.98 Å². The molecular weight excluding hydrogens is 326 g/mol. The van der Waals surface area contributed by atoms with E-state index in [1.54, 1.807) is 0 Å². The van der Waals surface area contributed by atoms with Crippen molar-refractivity contribution in [1.82, 2.24) is 9.55 Å². The number of anilines is 1. The van der Waals surface area contributed by atoms with E-state index in [1.807, 2.05) is 0 Å². The van der Waals surface area contributed by atoms with Gasteiger partial charge in [0.05, 0.1) is 13.7 Å². The number of ether oxygens (including phenoxy) is 2. The minimum absolute atomic E-state index is 0.0994. The second-order valence-electron chi connectivity index (χ2n) is 5.24. The summed E-state index contributed by atoms with van der Waals surface area (Å²) >= 11 is 0. The SMILES string of the molecule is COc1nc(N[C@@H]2O[C@@H](CO)[C@@H](O)[C@@H](O)[C@H]2O)c(C=O)c(=O)n1C. The first-order chi connectivity index (χ1) is 11.3. The molecule has 2 rings (SSSR count). The third-order valence-electron chi connectivity index (χ3n) is 3.76. The molecule has 11 nitrogen and oxygen atoms in total. The number of nitrogens with one attached hydrogen (secondary N) is 1. The highest BCUT2D eigenvalue weighted by Crippen LogP contribution is 2.23. The third kappa shape index (κ3) is 3.12. The first-order valence-electron chi connectivity index (χ1n) is 7.03. The highest BCUT2D eigenvalue weighted by atomic mass is 16.6. The van der Waals surface area contributed by atoms with E-state index in [2.05, 4.69) is 10.3 Å². The highest BCUT2D eigenvalue weighted by molar-refractivity contribution is 5.82. The molecule has 11 heteroatoms. The van der Waals surface area contributed by atoms with E-state index in [0.717, 1.165) is 4.57 Å². The van der Waals surface area contributed by atoms with Gasteiger partial charge in [0.1, 0.15) is 35.8 Å². The molecule has 0 unspecified atom stereocenters. The molecule has 0 bridgehead atoms. The average molecular weight is 345 g/mol. The minimum atomic E-state index is -1.61. The van der Waals surface area contributed by atoms with Crippen LogP contribution in [0.2, 0.25) is 0 Å². The molecule has 0 saturated carbocycles. The van der Waals surface area contributed by atoms with Crippen LogP contribution in [0.3, 0.4) is 0 Å². The lowest BCUT2D eigenvalue weighted by Gasteiger charge is -2.40.